The number of carbonyl (C=O) groups excluding carboxylic acids is 1. The zero-order chi connectivity index (χ0) is 20.0. The van der Waals surface area contributed by atoms with E-state index in [2.05, 4.69) is 35.4 Å². The van der Waals surface area contributed by atoms with Gasteiger partial charge >= 0.3 is 0 Å². The number of nitrogens with zero attached hydrogens (tertiary/aromatic N) is 2. The van der Waals surface area contributed by atoms with Gasteiger partial charge in [-0.25, -0.2) is 0 Å². The lowest BCUT2D eigenvalue weighted by atomic mass is 9.54. The van der Waals surface area contributed by atoms with Crippen LogP contribution in [0.15, 0.2) is 72.3 Å². The summed E-state index contributed by atoms with van der Waals surface area (Å²) < 4.78 is 0. The highest BCUT2D eigenvalue weighted by Gasteiger charge is 2.53. The lowest BCUT2D eigenvalue weighted by molar-refractivity contribution is -0.121. The molecule has 1 aromatic heterocycles. The highest BCUT2D eigenvalue weighted by Crippen LogP contribution is 2.54. The molecule has 0 saturated heterocycles. The molecule has 4 nitrogen and oxygen atoms in total. The van der Waals surface area contributed by atoms with E-state index in [4.69, 9.17) is 5.10 Å². The Morgan fingerprint density at radius 3 is 2.48 bits per heavy atom. The highest BCUT2D eigenvalue weighted by atomic mass is 16.1. The minimum atomic E-state index is -0.548. The van der Waals surface area contributed by atoms with Crippen LogP contribution in [-0.4, -0.2) is 16.0 Å². The quantitative estimate of drug-likeness (QED) is 0.708. The van der Waals surface area contributed by atoms with Gasteiger partial charge in [0.15, 0.2) is 5.78 Å². The van der Waals surface area contributed by atoms with E-state index >= 15 is 0 Å². The van der Waals surface area contributed by atoms with Crippen molar-refractivity contribution in [2.24, 2.45) is 11.8 Å². The lowest BCUT2D eigenvalue weighted by Crippen LogP contribution is -2.48. The molecule has 2 aromatic carbocycles. The third-order valence-electron chi connectivity index (χ3n) is 6.64. The number of rotatable bonds is 2. The van der Waals surface area contributed by atoms with Gasteiger partial charge in [0.2, 0.25) is 0 Å². The van der Waals surface area contributed by atoms with E-state index in [1.54, 1.807) is 0 Å². The second kappa shape index (κ2) is 6.56. The predicted molar refractivity (Wildman–Crippen MR) is 111 cm³/mol. The minimum absolute atomic E-state index is 0.0460. The first-order valence-corrected chi connectivity index (χ1v) is 10.0. The van der Waals surface area contributed by atoms with Crippen LogP contribution in [-0.2, 0) is 16.6 Å². The van der Waals surface area contributed by atoms with Crippen molar-refractivity contribution in [3.8, 4) is 17.3 Å². The molecule has 3 atom stereocenters. The molecule has 4 heteroatoms. The van der Waals surface area contributed by atoms with Gasteiger partial charge in [-0.05, 0) is 30.4 Å². The van der Waals surface area contributed by atoms with Gasteiger partial charge < -0.3 is 0 Å². The molecule has 1 heterocycles. The minimum Gasteiger partial charge on any atom is -0.293 e. The normalized spacial score (nSPS) is 25.5. The van der Waals surface area contributed by atoms with Crippen LogP contribution in [0.25, 0.3) is 11.3 Å². The average Bonchev–Trinajstić information content (AvgIpc) is 3.22. The van der Waals surface area contributed by atoms with E-state index in [1.165, 1.54) is 5.56 Å². The van der Waals surface area contributed by atoms with Gasteiger partial charge in [-0.2, -0.15) is 10.4 Å². The fraction of sp³-hybridized carbons (Fsp3) is 0.240. The Hall–Kier alpha value is -3.45. The maximum Gasteiger partial charge on any atom is 0.176 e. The number of H-pyrrole nitrogens is 1. The van der Waals surface area contributed by atoms with E-state index < -0.39 is 5.41 Å². The topological polar surface area (TPSA) is 69.5 Å². The summed E-state index contributed by atoms with van der Waals surface area (Å²) in [5, 5.41) is 17.7. The number of benzene rings is 2. The van der Waals surface area contributed by atoms with Crippen LogP contribution in [0.2, 0.25) is 0 Å². The standard InChI is InChI=1S/C25H21N3O/c1-16-21-13-12-20-22(17-8-4-2-5-9-17)27-28-24(20)25(21,14-18(15-26)23(16)29)19-10-6-3-7-11-19/h2-11,14,16,21H,12-13H2,1H3,(H,27,28)/t16?,21-,25?/m0/s1. The molecule has 2 aliphatic carbocycles. The molecule has 0 bridgehead atoms. The first-order chi connectivity index (χ1) is 14.2. The number of allylic oxidation sites excluding steroid dienone is 2. The number of hydrogen-bond acceptors (Lipinski definition) is 3. The molecule has 0 saturated carbocycles. The number of nitrogens with one attached hydrogen (secondary N) is 1. The fourth-order valence-corrected chi connectivity index (χ4v) is 5.29. The van der Waals surface area contributed by atoms with Crippen LogP contribution in [0.5, 0.6) is 0 Å². The summed E-state index contributed by atoms with van der Waals surface area (Å²) in [6, 6.07) is 22.6. The highest BCUT2D eigenvalue weighted by molar-refractivity contribution is 6.02. The maximum absolute atomic E-state index is 12.8. The number of aromatic nitrogens is 2. The van der Waals surface area contributed by atoms with Crippen molar-refractivity contribution in [2.45, 2.75) is 25.2 Å². The van der Waals surface area contributed by atoms with Crippen molar-refractivity contribution < 1.29 is 4.79 Å². The van der Waals surface area contributed by atoms with Crippen LogP contribution in [0, 0.1) is 23.2 Å². The van der Waals surface area contributed by atoms with E-state index in [0.29, 0.717) is 0 Å². The number of aromatic amines is 1. The molecule has 29 heavy (non-hydrogen) atoms. The second-order valence-corrected chi connectivity index (χ2v) is 7.99. The number of nitriles is 1. The summed E-state index contributed by atoms with van der Waals surface area (Å²) in [4.78, 5) is 12.8. The van der Waals surface area contributed by atoms with Crippen molar-refractivity contribution in [3.63, 3.8) is 0 Å². The first kappa shape index (κ1) is 17.6. The van der Waals surface area contributed by atoms with Crippen LogP contribution in [0.1, 0.15) is 30.2 Å². The third-order valence-corrected chi connectivity index (χ3v) is 6.64. The summed E-state index contributed by atoms with van der Waals surface area (Å²) in [6.45, 7) is 1.97. The fourth-order valence-electron chi connectivity index (χ4n) is 5.29. The first-order valence-electron chi connectivity index (χ1n) is 10.0. The van der Waals surface area contributed by atoms with Gasteiger partial charge in [-0.1, -0.05) is 67.6 Å². The van der Waals surface area contributed by atoms with E-state index in [1.807, 2.05) is 49.4 Å². The van der Waals surface area contributed by atoms with Crippen molar-refractivity contribution in [3.05, 3.63) is 89.1 Å². The van der Waals surface area contributed by atoms with Crippen molar-refractivity contribution >= 4 is 5.78 Å². The molecular formula is C25H21N3O. The summed E-state index contributed by atoms with van der Waals surface area (Å²) in [6.07, 6.45) is 3.65. The van der Waals surface area contributed by atoms with Gasteiger partial charge in [-0.3, -0.25) is 9.89 Å². The molecule has 2 unspecified atom stereocenters. The Morgan fingerprint density at radius 2 is 1.79 bits per heavy atom. The summed E-state index contributed by atoms with van der Waals surface area (Å²) in [5.74, 6) is -0.173. The van der Waals surface area contributed by atoms with E-state index in [9.17, 15) is 10.1 Å². The molecule has 2 aliphatic rings. The molecule has 0 amide bonds. The molecule has 1 N–H and O–H groups in total. The van der Waals surface area contributed by atoms with Crippen LogP contribution in [0.3, 0.4) is 0 Å². The van der Waals surface area contributed by atoms with Gasteiger partial charge in [0, 0.05) is 17.0 Å². The van der Waals surface area contributed by atoms with Gasteiger partial charge in [0.1, 0.15) is 6.07 Å². The number of ketones is 1. The second-order valence-electron chi connectivity index (χ2n) is 7.99. The molecule has 5 rings (SSSR count). The molecular weight excluding hydrogens is 358 g/mol. The third kappa shape index (κ3) is 2.44. The van der Waals surface area contributed by atoms with Gasteiger partial charge in [0.05, 0.1) is 22.4 Å². The van der Waals surface area contributed by atoms with Crippen LogP contribution in [0.4, 0.5) is 0 Å². The van der Waals surface area contributed by atoms with Crippen molar-refractivity contribution in [2.75, 3.05) is 0 Å². The van der Waals surface area contributed by atoms with Crippen molar-refractivity contribution in [1.82, 2.24) is 10.2 Å². The molecule has 0 aliphatic heterocycles. The Labute approximate surface area is 169 Å². The van der Waals surface area contributed by atoms with Gasteiger partial charge in [-0.15, -0.1) is 0 Å². The van der Waals surface area contributed by atoms with Crippen LogP contribution >= 0.6 is 0 Å². The Kier molecular flexibility index (Phi) is 3.99. The van der Waals surface area contributed by atoms with Crippen molar-refractivity contribution in [1.29, 1.82) is 5.26 Å². The number of fused-ring (bicyclic) bond motifs is 3. The maximum atomic E-state index is 12.8. The number of carbonyl (C=O) groups is 1. The number of Topliss-reactive ketones (excluding diaryl/α,β-unsaturated/α-hetero) is 1. The van der Waals surface area contributed by atoms with E-state index in [-0.39, 0.29) is 23.2 Å². The predicted octanol–water partition coefficient (Wildman–Crippen LogP) is 4.59. The SMILES string of the molecule is CC1C(=O)C(C#N)=CC2(c3ccccc3)c3[nH]nc(-c4ccccc4)c3CC[C@@H]12. The van der Waals surface area contributed by atoms with E-state index in [0.717, 1.165) is 35.4 Å². The zero-order valence-electron chi connectivity index (χ0n) is 16.2. The van der Waals surface area contributed by atoms with Gasteiger partial charge in [0.25, 0.3) is 0 Å². The molecule has 0 radical (unpaired) electrons. The summed E-state index contributed by atoms with van der Waals surface area (Å²) >= 11 is 0. The zero-order valence-corrected chi connectivity index (χ0v) is 16.2. The summed E-state index contributed by atoms with van der Waals surface area (Å²) in [5.41, 5.74) is 5.05. The number of hydrogen-bond donors (Lipinski definition) is 1. The molecule has 0 fully saturated rings. The monoisotopic (exact) mass is 379 g/mol. The Bertz CT molecular complexity index is 1150. The summed E-state index contributed by atoms with van der Waals surface area (Å²) in [7, 11) is 0. The largest absolute Gasteiger partial charge is 0.293 e. The molecule has 3 aromatic rings. The Morgan fingerprint density at radius 1 is 1.10 bits per heavy atom. The smallest absolute Gasteiger partial charge is 0.176 e. The Balaban J connectivity index is 1.82. The average molecular weight is 379 g/mol. The molecule has 142 valence electrons. The lowest BCUT2D eigenvalue weighted by Gasteiger charge is -2.47. The molecule has 0 spiro atoms. The van der Waals surface area contributed by atoms with Crippen LogP contribution < -0.4 is 0 Å².